The topological polar surface area (TPSA) is 71.1 Å². The Balaban J connectivity index is 1.91. The van der Waals surface area contributed by atoms with Gasteiger partial charge in [-0.2, -0.15) is 5.10 Å². The van der Waals surface area contributed by atoms with E-state index in [1.165, 1.54) is 6.33 Å². The summed E-state index contributed by atoms with van der Waals surface area (Å²) < 4.78 is 5.30. The standard InChI is InChI=1S/C15H18N4O2/c1-21-13-8-3-2-6-11(13)15(20)19-9-5-4-7-12(19)14-16-10-17-18-14/h2-3,6,8,10,12H,4-5,7,9H2,1H3,(H,16,17,18)/t12-/m1/s1. The van der Waals surface area contributed by atoms with Crippen LogP contribution in [0.5, 0.6) is 5.75 Å². The second kappa shape index (κ2) is 5.95. The molecule has 6 heteroatoms. The fourth-order valence-corrected chi connectivity index (χ4v) is 2.81. The van der Waals surface area contributed by atoms with E-state index in [4.69, 9.17) is 4.74 Å². The number of ether oxygens (including phenoxy) is 1. The summed E-state index contributed by atoms with van der Waals surface area (Å²) in [6.07, 6.45) is 4.47. The van der Waals surface area contributed by atoms with E-state index in [1.54, 1.807) is 19.2 Å². The molecule has 1 aliphatic heterocycles. The molecule has 0 unspecified atom stereocenters. The molecule has 2 aromatic rings. The summed E-state index contributed by atoms with van der Waals surface area (Å²) in [6, 6.07) is 7.27. The van der Waals surface area contributed by atoms with Crippen molar-refractivity contribution in [2.75, 3.05) is 13.7 Å². The van der Waals surface area contributed by atoms with Gasteiger partial charge in [0.15, 0.2) is 0 Å². The summed E-state index contributed by atoms with van der Waals surface area (Å²) in [5.41, 5.74) is 0.589. The number of methoxy groups -OCH3 is 1. The van der Waals surface area contributed by atoms with E-state index in [0.29, 0.717) is 11.3 Å². The van der Waals surface area contributed by atoms with Crippen molar-refractivity contribution in [1.82, 2.24) is 20.1 Å². The molecular formula is C15H18N4O2. The maximum atomic E-state index is 12.9. The van der Waals surface area contributed by atoms with Crippen LogP contribution < -0.4 is 4.74 Å². The number of aromatic nitrogens is 3. The molecule has 110 valence electrons. The molecule has 1 N–H and O–H groups in total. The van der Waals surface area contributed by atoms with Gasteiger partial charge >= 0.3 is 0 Å². The molecule has 0 aliphatic carbocycles. The predicted molar refractivity (Wildman–Crippen MR) is 77.0 cm³/mol. The highest BCUT2D eigenvalue weighted by Gasteiger charge is 2.31. The lowest BCUT2D eigenvalue weighted by atomic mass is 10.00. The van der Waals surface area contributed by atoms with Gasteiger partial charge in [-0.15, -0.1) is 0 Å². The molecule has 3 rings (SSSR count). The first-order chi connectivity index (χ1) is 10.3. The molecule has 1 aromatic carbocycles. The zero-order valence-electron chi connectivity index (χ0n) is 12.0. The molecule has 1 fully saturated rings. The van der Waals surface area contributed by atoms with E-state index in [9.17, 15) is 4.79 Å². The highest BCUT2D eigenvalue weighted by Crippen LogP contribution is 2.31. The molecular weight excluding hydrogens is 268 g/mol. The van der Waals surface area contributed by atoms with Gasteiger partial charge in [0.05, 0.1) is 18.7 Å². The molecule has 0 saturated carbocycles. The maximum absolute atomic E-state index is 12.9. The number of nitrogens with zero attached hydrogens (tertiary/aromatic N) is 3. The Labute approximate surface area is 123 Å². The number of hydrogen-bond donors (Lipinski definition) is 1. The zero-order valence-corrected chi connectivity index (χ0v) is 12.0. The van der Waals surface area contributed by atoms with Gasteiger partial charge in [0.25, 0.3) is 5.91 Å². The normalized spacial score (nSPS) is 18.5. The molecule has 0 bridgehead atoms. The van der Waals surface area contributed by atoms with Gasteiger partial charge in [-0.3, -0.25) is 9.89 Å². The molecule has 1 amide bonds. The summed E-state index contributed by atoms with van der Waals surface area (Å²) in [6.45, 7) is 0.724. The minimum atomic E-state index is -0.0429. The quantitative estimate of drug-likeness (QED) is 0.938. The van der Waals surface area contributed by atoms with Crippen molar-refractivity contribution in [3.05, 3.63) is 42.0 Å². The average molecular weight is 286 g/mol. The largest absolute Gasteiger partial charge is 0.496 e. The Morgan fingerprint density at radius 2 is 2.24 bits per heavy atom. The monoisotopic (exact) mass is 286 g/mol. The zero-order chi connectivity index (χ0) is 14.7. The molecule has 1 saturated heterocycles. The molecule has 0 radical (unpaired) electrons. The van der Waals surface area contributed by atoms with Crippen molar-refractivity contribution >= 4 is 5.91 Å². The number of hydrogen-bond acceptors (Lipinski definition) is 4. The van der Waals surface area contributed by atoms with Crippen molar-refractivity contribution in [3.8, 4) is 5.75 Å². The van der Waals surface area contributed by atoms with E-state index < -0.39 is 0 Å². The van der Waals surface area contributed by atoms with Crippen molar-refractivity contribution < 1.29 is 9.53 Å². The number of carbonyl (C=O) groups is 1. The number of benzene rings is 1. The lowest BCUT2D eigenvalue weighted by molar-refractivity contribution is 0.0597. The van der Waals surface area contributed by atoms with Crippen LogP contribution >= 0.6 is 0 Å². The number of piperidine rings is 1. The Kier molecular flexibility index (Phi) is 3.85. The fourth-order valence-electron chi connectivity index (χ4n) is 2.81. The van der Waals surface area contributed by atoms with Crippen LogP contribution in [0, 0.1) is 0 Å². The average Bonchev–Trinajstić information content (AvgIpc) is 3.08. The van der Waals surface area contributed by atoms with Gasteiger partial charge in [0.1, 0.15) is 17.9 Å². The number of H-pyrrole nitrogens is 1. The first kappa shape index (κ1) is 13.6. The van der Waals surface area contributed by atoms with Crippen LogP contribution in [-0.4, -0.2) is 39.6 Å². The number of likely N-dealkylation sites (tertiary alicyclic amines) is 1. The van der Waals surface area contributed by atoms with Crippen LogP contribution in [0.2, 0.25) is 0 Å². The predicted octanol–water partition coefficient (Wildman–Crippen LogP) is 2.18. The van der Waals surface area contributed by atoms with E-state index in [1.807, 2.05) is 17.0 Å². The number of aromatic amines is 1. The van der Waals surface area contributed by atoms with E-state index >= 15 is 0 Å². The SMILES string of the molecule is COc1ccccc1C(=O)N1CCCC[C@@H]1c1ncn[nH]1. The molecule has 1 aliphatic rings. The molecule has 1 atom stereocenters. The summed E-state index contributed by atoms with van der Waals surface area (Å²) in [5, 5.41) is 6.78. The summed E-state index contributed by atoms with van der Waals surface area (Å²) in [7, 11) is 1.58. The van der Waals surface area contributed by atoms with Crippen LogP contribution in [0.4, 0.5) is 0 Å². The lowest BCUT2D eigenvalue weighted by Crippen LogP contribution is -2.39. The molecule has 0 spiro atoms. The summed E-state index contributed by atoms with van der Waals surface area (Å²) in [4.78, 5) is 18.9. The van der Waals surface area contributed by atoms with Crippen molar-refractivity contribution in [2.45, 2.75) is 25.3 Å². The third-order valence-electron chi connectivity index (χ3n) is 3.85. The van der Waals surface area contributed by atoms with Crippen LogP contribution in [-0.2, 0) is 0 Å². The number of carbonyl (C=O) groups excluding carboxylic acids is 1. The third kappa shape index (κ3) is 2.61. The minimum Gasteiger partial charge on any atom is -0.496 e. The Hall–Kier alpha value is -2.37. The van der Waals surface area contributed by atoms with Gasteiger partial charge in [-0.25, -0.2) is 4.98 Å². The van der Waals surface area contributed by atoms with Crippen molar-refractivity contribution in [1.29, 1.82) is 0 Å². The Morgan fingerprint density at radius 1 is 1.38 bits per heavy atom. The van der Waals surface area contributed by atoms with E-state index in [0.717, 1.165) is 31.6 Å². The Morgan fingerprint density at radius 3 is 3.00 bits per heavy atom. The molecule has 2 heterocycles. The van der Waals surface area contributed by atoms with Crippen molar-refractivity contribution in [2.24, 2.45) is 0 Å². The minimum absolute atomic E-state index is 0.0199. The van der Waals surface area contributed by atoms with Gasteiger partial charge in [-0.1, -0.05) is 12.1 Å². The van der Waals surface area contributed by atoms with Gasteiger partial charge in [0.2, 0.25) is 0 Å². The highest BCUT2D eigenvalue weighted by atomic mass is 16.5. The number of para-hydroxylation sites is 1. The van der Waals surface area contributed by atoms with Crippen LogP contribution in [0.15, 0.2) is 30.6 Å². The number of rotatable bonds is 3. The smallest absolute Gasteiger partial charge is 0.258 e. The van der Waals surface area contributed by atoms with Gasteiger partial charge < -0.3 is 9.64 Å². The second-order valence-electron chi connectivity index (χ2n) is 5.08. The summed E-state index contributed by atoms with van der Waals surface area (Å²) >= 11 is 0. The van der Waals surface area contributed by atoms with E-state index in [-0.39, 0.29) is 11.9 Å². The van der Waals surface area contributed by atoms with Crippen LogP contribution in [0.3, 0.4) is 0 Å². The first-order valence-electron chi connectivity index (χ1n) is 7.10. The van der Waals surface area contributed by atoms with Gasteiger partial charge in [0, 0.05) is 6.54 Å². The highest BCUT2D eigenvalue weighted by molar-refractivity contribution is 5.97. The maximum Gasteiger partial charge on any atom is 0.258 e. The Bertz CT molecular complexity index is 612. The second-order valence-corrected chi connectivity index (χ2v) is 5.08. The van der Waals surface area contributed by atoms with Crippen LogP contribution in [0.25, 0.3) is 0 Å². The van der Waals surface area contributed by atoms with Crippen molar-refractivity contribution in [3.63, 3.8) is 0 Å². The van der Waals surface area contributed by atoms with Crippen LogP contribution in [0.1, 0.15) is 41.5 Å². The lowest BCUT2D eigenvalue weighted by Gasteiger charge is -2.34. The molecule has 6 nitrogen and oxygen atoms in total. The molecule has 21 heavy (non-hydrogen) atoms. The third-order valence-corrected chi connectivity index (χ3v) is 3.85. The number of amides is 1. The molecule has 1 aromatic heterocycles. The first-order valence-corrected chi connectivity index (χ1v) is 7.10. The fraction of sp³-hybridized carbons (Fsp3) is 0.400. The van der Waals surface area contributed by atoms with E-state index in [2.05, 4.69) is 15.2 Å². The summed E-state index contributed by atoms with van der Waals surface area (Å²) in [5.74, 6) is 1.33. The van der Waals surface area contributed by atoms with Gasteiger partial charge in [-0.05, 0) is 31.4 Å². The number of nitrogens with one attached hydrogen (secondary N) is 1.